The van der Waals surface area contributed by atoms with Crippen molar-refractivity contribution in [3.05, 3.63) is 52.2 Å². The lowest BCUT2D eigenvalue weighted by Gasteiger charge is -2.19. The number of nitrogens with two attached hydrogens (primary N) is 1. The molecule has 2 nitrogen and oxygen atoms in total. The predicted octanol–water partition coefficient (Wildman–Crippen LogP) is 4.28. The molecule has 2 rings (SSSR count). The number of benzene rings is 1. The zero-order valence-electron chi connectivity index (χ0n) is 10.8. The van der Waals surface area contributed by atoms with E-state index >= 15 is 0 Å². The summed E-state index contributed by atoms with van der Waals surface area (Å²) in [5.41, 5.74) is 5.09. The van der Waals surface area contributed by atoms with Crippen LogP contribution < -0.4 is 10.5 Å². The molecule has 1 aromatic carbocycles. The maximum absolute atomic E-state index is 12.4. The molecule has 1 aromatic heterocycles. The second-order valence-corrected chi connectivity index (χ2v) is 6.00. The van der Waals surface area contributed by atoms with Crippen LogP contribution in [-0.4, -0.2) is 11.6 Å². The number of ether oxygens (including phenoxy) is 1. The van der Waals surface area contributed by atoms with E-state index in [2.05, 4.69) is 0 Å². The van der Waals surface area contributed by atoms with E-state index in [-0.39, 0.29) is 5.75 Å². The summed E-state index contributed by atoms with van der Waals surface area (Å²) >= 11 is 7.71. The molecule has 0 amide bonds. The van der Waals surface area contributed by atoms with E-state index < -0.39 is 23.3 Å². The lowest BCUT2D eigenvalue weighted by molar-refractivity contribution is -0.137. The van der Waals surface area contributed by atoms with E-state index in [1.54, 1.807) is 11.3 Å². The van der Waals surface area contributed by atoms with Crippen molar-refractivity contribution in [3.8, 4) is 5.75 Å². The van der Waals surface area contributed by atoms with Crippen LogP contribution in [-0.2, 0) is 12.6 Å². The summed E-state index contributed by atoms with van der Waals surface area (Å²) in [6, 6.07) is 8.21. The minimum Gasteiger partial charge on any atom is -0.474 e. The summed E-state index contributed by atoms with van der Waals surface area (Å²) in [4.78, 5) is 1.07. The van der Waals surface area contributed by atoms with Gasteiger partial charge < -0.3 is 4.74 Å². The largest absolute Gasteiger partial charge is 0.474 e. The maximum atomic E-state index is 12.4. The Kier molecular flexibility index (Phi) is 5.13. The fourth-order valence-electron chi connectivity index (χ4n) is 1.69. The molecule has 0 aliphatic rings. The van der Waals surface area contributed by atoms with Crippen LogP contribution in [0.3, 0.4) is 0 Å². The quantitative estimate of drug-likeness (QED) is 0.654. The Labute approximate surface area is 129 Å². The van der Waals surface area contributed by atoms with Gasteiger partial charge in [0.1, 0.15) is 5.75 Å². The van der Waals surface area contributed by atoms with E-state index in [4.69, 9.17) is 22.1 Å². The molecule has 2 atom stereocenters. The Hall–Kier alpha value is -1.24. The van der Waals surface area contributed by atoms with Crippen LogP contribution in [0.4, 0.5) is 13.2 Å². The van der Waals surface area contributed by atoms with Crippen molar-refractivity contribution in [2.75, 3.05) is 0 Å². The Morgan fingerprint density at radius 2 is 1.86 bits per heavy atom. The van der Waals surface area contributed by atoms with Gasteiger partial charge in [-0.2, -0.15) is 13.2 Å². The lowest BCUT2D eigenvalue weighted by atomic mass is 10.2. The molecule has 0 aliphatic heterocycles. The van der Waals surface area contributed by atoms with Crippen LogP contribution in [0.1, 0.15) is 10.4 Å². The Morgan fingerprint density at radius 1 is 1.19 bits per heavy atom. The summed E-state index contributed by atoms with van der Waals surface area (Å²) in [7, 11) is 0. The first-order valence-corrected chi connectivity index (χ1v) is 7.44. The number of alkyl halides is 4. The zero-order chi connectivity index (χ0) is 15.5. The van der Waals surface area contributed by atoms with Crippen molar-refractivity contribution < 1.29 is 17.9 Å². The fraction of sp³-hybridized carbons (Fsp3) is 0.286. The lowest BCUT2D eigenvalue weighted by Crippen LogP contribution is -2.37. The van der Waals surface area contributed by atoms with E-state index in [0.29, 0.717) is 6.42 Å². The third kappa shape index (κ3) is 4.62. The highest BCUT2D eigenvalue weighted by atomic mass is 35.5. The highest BCUT2D eigenvalue weighted by Gasteiger charge is 2.30. The molecule has 0 saturated carbocycles. The molecular weight excluding hydrogens is 323 g/mol. The Balaban J connectivity index is 1.94. The van der Waals surface area contributed by atoms with Gasteiger partial charge >= 0.3 is 6.18 Å². The monoisotopic (exact) mass is 335 g/mol. The van der Waals surface area contributed by atoms with E-state index in [0.717, 1.165) is 17.0 Å². The van der Waals surface area contributed by atoms with Crippen LogP contribution >= 0.6 is 22.9 Å². The minimum absolute atomic E-state index is 0.257. The minimum atomic E-state index is -4.37. The molecule has 0 saturated heterocycles. The third-order valence-corrected chi connectivity index (χ3v) is 4.09. The summed E-state index contributed by atoms with van der Waals surface area (Å²) in [5, 5.41) is 1.47. The normalized spacial score (nSPS) is 14.7. The molecule has 0 fully saturated rings. The first kappa shape index (κ1) is 16.1. The molecule has 0 spiro atoms. The fourth-order valence-corrected chi connectivity index (χ4v) is 2.76. The molecule has 0 bridgehead atoms. The molecule has 1 heterocycles. The molecule has 2 N–H and O–H groups in total. The molecule has 114 valence electrons. The van der Waals surface area contributed by atoms with Gasteiger partial charge in [-0.15, -0.1) is 22.9 Å². The van der Waals surface area contributed by atoms with Gasteiger partial charge in [-0.05, 0) is 35.7 Å². The van der Waals surface area contributed by atoms with Gasteiger partial charge in [-0.25, -0.2) is 0 Å². The molecular formula is C14H13ClF3NOS. The topological polar surface area (TPSA) is 35.2 Å². The average molecular weight is 336 g/mol. The van der Waals surface area contributed by atoms with Crippen molar-refractivity contribution in [2.24, 2.45) is 5.73 Å². The van der Waals surface area contributed by atoms with Crippen molar-refractivity contribution in [2.45, 2.75) is 24.2 Å². The average Bonchev–Trinajstić information content (AvgIpc) is 2.91. The van der Waals surface area contributed by atoms with Crippen molar-refractivity contribution in [1.29, 1.82) is 0 Å². The number of hydrogen-bond acceptors (Lipinski definition) is 3. The van der Waals surface area contributed by atoms with Gasteiger partial charge in [0.2, 0.25) is 0 Å². The third-order valence-electron chi connectivity index (χ3n) is 2.79. The van der Waals surface area contributed by atoms with Gasteiger partial charge in [0.25, 0.3) is 0 Å². The summed E-state index contributed by atoms with van der Waals surface area (Å²) in [6.45, 7) is 0. The van der Waals surface area contributed by atoms with Crippen LogP contribution in [0.25, 0.3) is 0 Å². The van der Waals surface area contributed by atoms with Crippen LogP contribution in [0, 0.1) is 0 Å². The summed E-state index contributed by atoms with van der Waals surface area (Å²) in [5.74, 6) is 0.257. The standard InChI is InChI=1S/C14H13ClF3NOS/c15-12(8-11-2-1-7-21-11)13(19)20-10-5-3-9(4-6-10)14(16,17)18/h1-7,12-13H,8,19H2. The molecule has 0 radical (unpaired) electrons. The highest BCUT2D eigenvalue weighted by Crippen LogP contribution is 2.30. The van der Waals surface area contributed by atoms with E-state index in [9.17, 15) is 13.2 Å². The molecule has 0 aliphatic carbocycles. The van der Waals surface area contributed by atoms with Gasteiger partial charge in [0.15, 0.2) is 6.23 Å². The molecule has 2 unspecified atom stereocenters. The van der Waals surface area contributed by atoms with Crippen molar-refractivity contribution in [1.82, 2.24) is 0 Å². The molecule has 2 aromatic rings. The number of halogens is 4. The van der Waals surface area contributed by atoms with Crippen molar-refractivity contribution in [3.63, 3.8) is 0 Å². The van der Waals surface area contributed by atoms with Crippen LogP contribution in [0.5, 0.6) is 5.75 Å². The predicted molar refractivity (Wildman–Crippen MR) is 77.7 cm³/mol. The van der Waals surface area contributed by atoms with Crippen LogP contribution in [0.15, 0.2) is 41.8 Å². The first-order chi connectivity index (χ1) is 9.86. The summed E-state index contributed by atoms with van der Waals surface area (Å²) < 4.78 is 42.7. The smallest absolute Gasteiger partial charge is 0.416 e. The van der Waals surface area contributed by atoms with Gasteiger partial charge in [0.05, 0.1) is 10.9 Å². The summed E-state index contributed by atoms with van der Waals surface area (Å²) in [6.07, 6.45) is -4.62. The Bertz CT molecular complexity index is 557. The SMILES string of the molecule is NC(Oc1ccc(C(F)(F)F)cc1)C(Cl)Cc1cccs1. The Morgan fingerprint density at radius 3 is 2.38 bits per heavy atom. The number of thiophene rings is 1. The first-order valence-electron chi connectivity index (χ1n) is 6.12. The van der Waals surface area contributed by atoms with E-state index in [1.807, 2.05) is 17.5 Å². The van der Waals surface area contributed by atoms with E-state index in [1.165, 1.54) is 12.1 Å². The van der Waals surface area contributed by atoms with Gasteiger partial charge in [0, 0.05) is 11.3 Å². The highest BCUT2D eigenvalue weighted by molar-refractivity contribution is 7.09. The van der Waals surface area contributed by atoms with Gasteiger partial charge in [-0.1, -0.05) is 6.07 Å². The molecule has 21 heavy (non-hydrogen) atoms. The number of hydrogen-bond donors (Lipinski definition) is 1. The second-order valence-electron chi connectivity index (χ2n) is 4.40. The van der Waals surface area contributed by atoms with Crippen LogP contribution in [0.2, 0.25) is 0 Å². The zero-order valence-corrected chi connectivity index (χ0v) is 12.4. The van der Waals surface area contributed by atoms with Crippen molar-refractivity contribution >= 4 is 22.9 Å². The number of rotatable bonds is 5. The second kappa shape index (κ2) is 6.68. The molecule has 7 heteroatoms. The van der Waals surface area contributed by atoms with Gasteiger partial charge in [-0.3, -0.25) is 5.73 Å². The maximum Gasteiger partial charge on any atom is 0.416 e.